The van der Waals surface area contributed by atoms with E-state index in [9.17, 15) is 13.2 Å². The van der Waals surface area contributed by atoms with Gasteiger partial charge in [0.05, 0.1) is 6.61 Å². The van der Waals surface area contributed by atoms with E-state index in [0.717, 1.165) is 25.9 Å². The molecule has 0 saturated carbocycles. The smallest absolute Gasteiger partial charge is 0.489 e. The zero-order chi connectivity index (χ0) is 14.6. The molecule has 1 aliphatic heterocycles. The molecular formula is C13H15BrF3NO2. The van der Waals surface area contributed by atoms with Crippen molar-refractivity contribution in [2.75, 3.05) is 19.7 Å². The lowest BCUT2D eigenvalue weighted by molar-refractivity contribution is -0.275. The van der Waals surface area contributed by atoms with Crippen LogP contribution in [-0.4, -0.2) is 26.1 Å². The molecule has 0 atom stereocenters. The first-order valence-corrected chi connectivity index (χ1v) is 7.12. The van der Waals surface area contributed by atoms with Gasteiger partial charge in [-0.15, -0.1) is 13.2 Å². The number of hydrogen-bond donors (Lipinski definition) is 1. The molecule has 1 saturated heterocycles. The van der Waals surface area contributed by atoms with Crippen LogP contribution in [0.2, 0.25) is 0 Å². The minimum atomic E-state index is -4.73. The zero-order valence-electron chi connectivity index (χ0n) is 10.7. The maximum Gasteiger partial charge on any atom is 0.573 e. The first-order valence-electron chi connectivity index (χ1n) is 6.33. The van der Waals surface area contributed by atoms with Gasteiger partial charge in [-0.3, -0.25) is 0 Å². The predicted octanol–water partition coefficient (Wildman–Crippen LogP) is 3.73. The molecular weight excluding hydrogens is 339 g/mol. The second-order valence-electron chi connectivity index (χ2n) is 4.64. The van der Waals surface area contributed by atoms with Gasteiger partial charge in [0.25, 0.3) is 0 Å². The summed E-state index contributed by atoms with van der Waals surface area (Å²) in [5, 5.41) is 3.23. The van der Waals surface area contributed by atoms with Crippen LogP contribution in [0.4, 0.5) is 13.2 Å². The number of rotatable bonds is 4. The van der Waals surface area contributed by atoms with Crippen molar-refractivity contribution in [3.8, 4) is 11.5 Å². The average molecular weight is 354 g/mol. The van der Waals surface area contributed by atoms with Crippen LogP contribution < -0.4 is 14.8 Å². The molecule has 0 aliphatic carbocycles. The normalized spacial score (nSPS) is 17.0. The van der Waals surface area contributed by atoms with Gasteiger partial charge >= 0.3 is 6.36 Å². The third-order valence-electron chi connectivity index (χ3n) is 3.06. The van der Waals surface area contributed by atoms with Crippen molar-refractivity contribution in [2.24, 2.45) is 5.92 Å². The van der Waals surface area contributed by atoms with Gasteiger partial charge in [-0.2, -0.15) is 0 Å². The number of benzene rings is 1. The van der Waals surface area contributed by atoms with Gasteiger partial charge < -0.3 is 14.8 Å². The lowest BCUT2D eigenvalue weighted by Gasteiger charge is -2.23. The summed E-state index contributed by atoms with van der Waals surface area (Å²) >= 11 is 3.12. The molecule has 0 spiro atoms. The zero-order valence-corrected chi connectivity index (χ0v) is 12.3. The third-order valence-corrected chi connectivity index (χ3v) is 3.56. The Hall–Kier alpha value is -0.950. The first kappa shape index (κ1) is 15.4. The van der Waals surface area contributed by atoms with Crippen LogP contribution in [0, 0.1) is 5.92 Å². The number of halogens is 4. The van der Waals surface area contributed by atoms with Crippen molar-refractivity contribution < 1.29 is 22.6 Å². The summed E-state index contributed by atoms with van der Waals surface area (Å²) in [7, 11) is 0. The van der Waals surface area contributed by atoms with E-state index in [4.69, 9.17) is 4.74 Å². The van der Waals surface area contributed by atoms with Gasteiger partial charge in [0.15, 0.2) is 11.5 Å². The highest BCUT2D eigenvalue weighted by Gasteiger charge is 2.32. The summed E-state index contributed by atoms with van der Waals surface area (Å²) < 4.78 is 47.0. The van der Waals surface area contributed by atoms with Crippen molar-refractivity contribution >= 4 is 15.9 Å². The highest BCUT2D eigenvalue weighted by molar-refractivity contribution is 9.10. The average Bonchev–Trinajstić information content (AvgIpc) is 2.37. The number of nitrogens with one attached hydrogen (secondary N) is 1. The maximum atomic E-state index is 12.3. The highest BCUT2D eigenvalue weighted by Crippen LogP contribution is 2.35. The summed E-state index contributed by atoms with van der Waals surface area (Å²) in [5.41, 5.74) is 0. The van der Waals surface area contributed by atoms with Crippen LogP contribution in [0.1, 0.15) is 12.8 Å². The van der Waals surface area contributed by atoms with E-state index in [1.807, 2.05) is 0 Å². The van der Waals surface area contributed by atoms with E-state index in [0.29, 0.717) is 17.0 Å². The Bertz CT molecular complexity index is 448. The summed E-state index contributed by atoms with van der Waals surface area (Å²) in [6.45, 7) is 2.23. The maximum absolute atomic E-state index is 12.3. The fraction of sp³-hybridized carbons (Fsp3) is 0.538. The van der Waals surface area contributed by atoms with Crippen LogP contribution in [-0.2, 0) is 0 Å². The van der Waals surface area contributed by atoms with Crippen LogP contribution >= 0.6 is 15.9 Å². The van der Waals surface area contributed by atoms with Crippen molar-refractivity contribution in [1.82, 2.24) is 5.32 Å². The second kappa shape index (κ2) is 6.67. The molecule has 0 unspecified atom stereocenters. The molecule has 2 rings (SSSR count). The van der Waals surface area contributed by atoms with E-state index in [2.05, 4.69) is 26.0 Å². The number of alkyl halides is 3. The Morgan fingerprint density at radius 3 is 2.55 bits per heavy atom. The third kappa shape index (κ3) is 4.86. The quantitative estimate of drug-likeness (QED) is 0.894. The fourth-order valence-electron chi connectivity index (χ4n) is 2.06. The molecule has 1 N–H and O–H groups in total. The van der Waals surface area contributed by atoms with E-state index in [1.54, 1.807) is 6.07 Å². The summed E-state index contributed by atoms with van der Waals surface area (Å²) in [5.74, 6) is 0.156. The van der Waals surface area contributed by atoms with Crippen LogP contribution in [0.3, 0.4) is 0 Å². The van der Waals surface area contributed by atoms with Gasteiger partial charge in [-0.05, 0) is 50.0 Å². The predicted molar refractivity (Wildman–Crippen MR) is 71.9 cm³/mol. The van der Waals surface area contributed by atoms with E-state index < -0.39 is 6.36 Å². The van der Waals surface area contributed by atoms with Gasteiger partial charge in [-0.25, -0.2) is 0 Å². The van der Waals surface area contributed by atoms with Gasteiger partial charge in [0.2, 0.25) is 0 Å². The largest absolute Gasteiger partial charge is 0.573 e. The van der Waals surface area contributed by atoms with Crippen LogP contribution in [0.25, 0.3) is 0 Å². The molecule has 1 fully saturated rings. The molecule has 0 bridgehead atoms. The SMILES string of the molecule is FC(F)(F)Oc1cc(Br)ccc1OCC1CCNCC1. The van der Waals surface area contributed by atoms with Crippen molar-refractivity contribution in [3.63, 3.8) is 0 Å². The first-order chi connectivity index (χ1) is 9.44. The molecule has 7 heteroatoms. The Labute approximate surface area is 123 Å². The minimum absolute atomic E-state index is 0.115. The Balaban J connectivity index is 2.02. The molecule has 1 heterocycles. The molecule has 1 aromatic rings. The van der Waals surface area contributed by atoms with Gasteiger partial charge in [-0.1, -0.05) is 15.9 Å². The second-order valence-corrected chi connectivity index (χ2v) is 5.56. The highest BCUT2D eigenvalue weighted by atomic mass is 79.9. The minimum Gasteiger partial charge on any atom is -0.489 e. The number of hydrogen-bond acceptors (Lipinski definition) is 3. The van der Waals surface area contributed by atoms with E-state index >= 15 is 0 Å². The lowest BCUT2D eigenvalue weighted by atomic mass is 9.99. The van der Waals surface area contributed by atoms with Gasteiger partial charge in [0.1, 0.15) is 0 Å². The standard InChI is InChI=1S/C13H15BrF3NO2/c14-10-1-2-11(12(7-10)20-13(15,16)17)19-8-9-3-5-18-6-4-9/h1-2,7,9,18H,3-6,8H2. The van der Waals surface area contributed by atoms with Crippen molar-refractivity contribution in [1.29, 1.82) is 0 Å². The summed E-state index contributed by atoms with van der Waals surface area (Å²) in [4.78, 5) is 0. The molecule has 0 amide bonds. The van der Waals surface area contributed by atoms with Crippen LogP contribution in [0.15, 0.2) is 22.7 Å². The molecule has 1 aliphatic rings. The Morgan fingerprint density at radius 2 is 1.90 bits per heavy atom. The number of piperidine rings is 1. The fourth-order valence-corrected chi connectivity index (χ4v) is 2.40. The Kier molecular flexibility index (Phi) is 5.15. The summed E-state index contributed by atoms with van der Waals surface area (Å²) in [6, 6.07) is 4.36. The van der Waals surface area contributed by atoms with Crippen molar-refractivity contribution in [2.45, 2.75) is 19.2 Å². The lowest BCUT2D eigenvalue weighted by Crippen LogP contribution is -2.30. The monoisotopic (exact) mass is 353 g/mol. The van der Waals surface area contributed by atoms with E-state index in [1.165, 1.54) is 12.1 Å². The molecule has 3 nitrogen and oxygen atoms in total. The van der Waals surface area contributed by atoms with Crippen LogP contribution in [0.5, 0.6) is 11.5 Å². The molecule has 0 radical (unpaired) electrons. The van der Waals surface area contributed by atoms with E-state index in [-0.39, 0.29) is 11.5 Å². The van der Waals surface area contributed by atoms with Crippen molar-refractivity contribution in [3.05, 3.63) is 22.7 Å². The Morgan fingerprint density at radius 1 is 1.20 bits per heavy atom. The molecule has 0 aromatic heterocycles. The molecule has 20 heavy (non-hydrogen) atoms. The molecule has 1 aromatic carbocycles. The topological polar surface area (TPSA) is 30.5 Å². The summed E-state index contributed by atoms with van der Waals surface area (Å²) in [6.07, 6.45) is -2.80. The van der Waals surface area contributed by atoms with Gasteiger partial charge in [0, 0.05) is 4.47 Å². The molecule has 112 valence electrons. The number of ether oxygens (including phenoxy) is 2.